The number of carbonyl (C=O) groups is 1. The second kappa shape index (κ2) is 7.23. The number of hydrogen-bond acceptors (Lipinski definition) is 5. The van der Waals surface area contributed by atoms with Gasteiger partial charge in [-0.25, -0.2) is 4.79 Å². The van der Waals surface area contributed by atoms with Crippen molar-refractivity contribution in [3.63, 3.8) is 0 Å². The number of anilines is 2. The van der Waals surface area contributed by atoms with Crippen LogP contribution in [0.15, 0.2) is 42.6 Å². The lowest BCUT2D eigenvalue weighted by atomic mass is 10.2. The van der Waals surface area contributed by atoms with Crippen LogP contribution in [0.4, 0.5) is 11.5 Å². The fourth-order valence-corrected chi connectivity index (χ4v) is 1.97. The molecule has 0 unspecified atom stereocenters. The number of carboxylic acids is 1. The highest BCUT2D eigenvalue weighted by atomic mass is 16.4. The van der Waals surface area contributed by atoms with Crippen LogP contribution in [0.3, 0.4) is 0 Å². The lowest BCUT2D eigenvalue weighted by Crippen LogP contribution is -2.21. The largest absolute Gasteiger partial charge is 0.478 e. The Morgan fingerprint density at radius 3 is 2.76 bits per heavy atom. The number of rotatable bonds is 7. The van der Waals surface area contributed by atoms with Gasteiger partial charge in [-0.05, 0) is 24.6 Å². The van der Waals surface area contributed by atoms with E-state index in [1.54, 1.807) is 0 Å². The zero-order valence-electron chi connectivity index (χ0n) is 11.9. The molecule has 0 radical (unpaired) electrons. The van der Waals surface area contributed by atoms with Crippen molar-refractivity contribution in [2.45, 2.75) is 6.42 Å². The summed E-state index contributed by atoms with van der Waals surface area (Å²) in [5.41, 5.74) is 1.30. The van der Waals surface area contributed by atoms with Gasteiger partial charge in [0.25, 0.3) is 0 Å². The van der Waals surface area contributed by atoms with E-state index in [1.165, 1.54) is 12.3 Å². The highest BCUT2D eigenvalue weighted by Gasteiger charge is 2.10. The summed E-state index contributed by atoms with van der Waals surface area (Å²) >= 11 is 0. The molecule has 0 aliphatic heterocycles. The first-order chi connectivity index (χ1) is 10.2. The first-order valence-corrected chi connectivity index (χ1v) is 6.73. The molecule has 0 saturated heterocycles. The van der Waals surface area contributed by atoms with E-state index < -0.39 is 5.97 Å². The molecule has 1 aromatic heterocycles. The van der Waals surface area contributed by atoms with Gasteiger partial charge in [-0.1, -0.05) is 18.2 Å². The van der Waals surface area contributed by atoms with Gasteiger partial charge in [0, 0.05) is 25.8 Å². The summed E-state index contributed by atoms with van der Waals surface area (Å²) in [5, 5.41) is 19.6. The van der Waals surface area contributed by atoms with Crippen LogP contribution in [0.25, 0.3) is 0 Å². The SMILES string of the molecule is CN(CCCNc1nnccc1C(=O)O)c1ccccc1. The lowest BCUT2D eigenvalue weighted by molar-refractivity contribution is 0.0697. The molecule has 0 aliphatic rings. The van der Waals surface area contributed by atoms with Gasteiger partial charge in [0.2, 0.25) is 0 Å². The minimum absolute atomic E-state index is 0.140. The summed E-state index contributed by atoms with van der Waals surface area (Å²) in [7, 11) is 2.03. The van der Waals surface area contributed by atoms with Gasteiger partial charge in [0.15, 0.2) is 5.82 Å². The predicted molar refractivity (Wildman–Crippen MR) is 81.8 cm³/mol. The smallest absolute Gasteiger partial charge is 0.339 e. The minimum atomic E-state index is -1.01. The number of nitrogens with zero attached hydrogens (tertiary/aromatic N) is 3. The number of carboxylic acid groups (broad SMARTS) is 1. The Kier molecular flexibility index (Phi) is 5.09. The third kappa shape index (κ3) is 4.17. The second-order valence-electron chi connectivity index (χ2n) is 4.64. The zero-order valence-corrected chi connectivity index (χ0v) is 11.9. The third-order valence-electron chi connectivity index (χ3n) is 3.11. The average Bonchev–Trinajstić information content (AvgIpc) is 2.52. The van der Waals surface area contributed by atoms with Gasteiger partial charge in [0.1, 0.15) is 5.56 Å². The van der Waals surface area contributed by atoms with E-state index >= 15 is 0 Å². The van der Waals surface area contributed by atoms with Crippen molar-refractivity contribution >= 4 is 17.5 Å². The van der Waals surface area contributed by atoms with Gasteiger partial charge in [-0.3, -0.25) is 0 Å². The van der Waals surface area contributed by atoms with E-state index in [9.17, 15) is 4.79 Å². The number of benzene rings is 1. The van der Waals surface area contributed by atoms with E-state index in [2.05, 4.69) is 32.5 Å². The topological polar surface area (TPSA) is 78.3 Å². The highest BCUT2D eigenvalue weighted by Crippen LogP contribution is 2.12. The Morgan fingerprint density at radius 1 is 1.29 bits per heavy atom. The molecule has 2 aromatic rings. The Morgan fingerprint density at radius 2 is 2.05 bits per heavy atom. The highest BCUT2D eigenvalue weighted by molar-refractivity contribution is 5.92. The average molecular weight is 286 g/mol. The first kappa shape index (κ1) is 14.8. The summed E-state index contributed by atoms with van der Waals surface area (Å²) in [6, 6.07) is 11.5. The van der Waals surface area contributed by atoms with E-state index in [4.69, 9.17) is 5.11 Å². The summed E-state index contributed by atoms with van der Waals surface area (Å²) in [6.07, 6.45) is 2.23. The van der Waals surface area contributed by atoms with Crippen molar-refractivity contribution in [3.8, 4) is 0 Å². The third-order valence-corrected chi connectivity index (χ3v) is 3.11. The summed E-state index contributed by atoms with van der Waals surface area (Å²) in [4.78, 5) is 13.2. The fraction of sp³-hybridized carbons (Fsp3) is 0.267. The number of aromatic nitrogens is 2. The van der Waals surface area contributed by atoms with Crippen LogP contribution in [0.2, 0.25) is 0 Å². The molecule has 0 amide bonds. The van der Waals surface area contributed by atoms with Crippen molar-refractivity contribution in [1.82, 2.24) is 10.2 Å². The Labute approximate surface area is 123 Å². The zero-order chi connectivity index (χ0) is 15.1. The van der Waals surface area contributed by atoms with Gasteiger partial charge in [0.05, 0.1) is 6.20 Å². The van der Waals surface area contributed by atoms with Crippen molar-refractivity contribution in [3.05, 3.63) is 48.2 Å². The molecule has 1 aromatic carbocycles. The molecule has 0 saturated carbocycles. The molecule has 6 nitrogen and oxygen atoms in total. The van der Waals surface area contributed by atoms with Crippen molar-refractivity contribution in [1.29, 1.82) is 0 Å². The number of hydrogen-bond donors (Lipinski definition) is 2. The van der Waals surface area contributed by atoms with Crippen molar-refractivity contribution in [2.24, 2.45) is 0 Å². The number of para-hydroxylation sites is 1. The van der Waals surface area contributed by atoms with Crippen LogP contribution < -0.4 is 10.2 Å². The van der Waals surface area contributed by atoms with Gasteiger partial charge >= 0.3 is 5.97 Å². The van der Waals surface area contributed by atoms with E-state index in [1.807, 2.05) is 25.2 Å². The molecular formula is C15H18N4O2. The molecule has 0 aliphatic carbocycles. The van der Waals surface area contributed by atoms with E-state index in [0.29, 0.717) is 12.4 Å². The minimum Gasteiger partial charge on any atom is -0.478 e. The summed E-state index contributed by atoms with van der Waals surface area (Å²) in [5.74, 6) is -0.693. The molecule has 2 N–H and O–H groups in total. The molecule has 0 spiro atoms. The molecule has 0 atom stereocenters. The number of aromatic carboxylic acids is 1. The van der Waals surface area contributed by atoms with Crippen molar-refractivity contribution < 1.29 is 9.90 Å². The molecule has 0 bridgehead atoms. The molecule has 2 rings (SSSR count). The molecule has 1 heterocycles. The predicted octanol–water partition coefficient (Wildman–Crippen LogP) is 2.11. The summed E-state index contributed by atoms with van der Waals surface area (Å²) in [6.45, 7) is 1.50. The van der Waals surface area contributed by atoms with Gasteiger partial charge < -0.3 is 15.3 Å². The fourth-order valence-electron chi connectivity index (χ4n) is 1.97. The quantitative estimate of drug-likeness (QED) is 0.759. The van der Waals surface area contributed by atoms with Crippen LogP contribution in [0, 0.1) is 0 Å². The van der Waals surface area contributed by atoms with E-state index in [0.717, 1.165) is 18.7 Å². The second-order valence-corrected chi connectivity index (χ2v) is 4.64. The Hall–Kier alpha value is -2.63. The molecule has 6 heteroatoms. The van der Waals surface area contributed by atoms with Crippen LogP contribution in [0.5, 0.6) is 0 Å². The maximum Gasteiger partial charge on any atom is 0.339 e. The van der Waals surface area contributed by atoms with Crippen LogP contribution in [0.1, 0.15) is 16.8 Å². The molecule has 110 valence electrons. The van der Waals surface area contributed by atoms with Crippen LogP contribution in [-0.2, 0) is 0 Å². The van der Waals surface area contributed by atoms with Crippen molar-refractivity contribution in [2.75, 3.05) is 30.4 Å². The Bertz CT molecular complexity index is 589. The first-order valence-electron chi connectivity index (χ1n) is 6.73. The molecule has 21 heavy (non-hydrogen) atoms. The van der Waals surface area contributed by atoms with E-state index in [-0.39, 0.29) is 5.56 Å². The molecular weight excluding hydrogens is 268 g/mol. The normalized spacial score (nSPS) is 10.1. The van der Waals surface area contributed by atoms with Crippen LogP contribution in [-0.4, -0.2) is 41.4 Å². The number of nitrogens with one attached hydrogen (secondary N) is 1. The summed E-state index contributed by atoms with van der Waals surface area (Å²) < 4.78 is 0. The van der Waals surface area contributed by atoms with Gasteiger partial charge in [-0.2, -0.15) is 5.10 Å². The Balaban J connectivity index is 1.81. The standard InChI is InChI=1S/C15H18N4O2/c1-19(12-6-3-2-4-7-12)11-5-9-16-14-13(15(20)21)8-10-17-18-14/h2-4,6-8,10H,5,9,11H2,1H3,(H,16,18)(H,20,21). The maximum atomic E-state index is 11.0. The monoisotopic (exact) mass is 286 g/mol. The maximum absolute atomic E-state index is 11.0. The van der Waals surface area contributed by atoms with Crippen LogP contribution >= 0.6 is 0 Å². The lowest BCUT2D eigenvalue weighted by Gasteiger charge is -2.19. The molecule has 0 fully saturated rings. The van der Waals surface area contributed by atoms with Gasteiger partial charge in [-0.15, -0.1) is 5.10 Å².